The fourth-order valence-corrected chi connectivity index (χ4v) is 10.0. The van der Waals surface area contributed by atoms with E-state index in [2.05, 4.69) is 27.7 Å². The zero-order valence-corrected chi connectivity index (χ0v) is 23.9. The number of carbonyl (C=O) groups is 2. The van der Waals surface area contributed by atoms with Crippen molar-refractivity contribution in [3.63, 3.8) is 0 Å². The van der Waals surface area contributed by atoms with Crippen LogP contribution in [0, 0.1) is 52.3 Å². The lowest BCUT2D eigenvalue weighted by Gasteiger charge is -2.64. The Morgan fingerprint density at radius 1 is 0.892 bits per heavy atom. The Hall–Kier alpha value is -1.14. The Kier molecular flexibility index (Phi) is 9.00. The second-order valence-electron chi connectivity index (χ2n) is 13.4. The minimum Gasteiger partial charge on any atom is -0.466 e. The molecule has 2 N–H and O–H groups in total. The van der Waals surface area contributed by atoms with Gasteiger partial charge in [0, 0.05) is 0 Å². The van der Waals surface area contributed by atoms with E-state index in [9.17, 15) is 19.8 Å². The van der Waals surface area contributed by atoms with Crippen LogP contribution in [-0.2, 0) is 19.1 Å². The van der Waals surface area contributed by atoms with Crippen LogP contribution in [0.15, 0.2) is 0 Å². The van der Waals surface area contributed by atoms with Crippen LogP contribution < -0.4 is 0 Å². The maximum Gasteiger partial charge on any atom is 0.306 e. The summed E-state index contributed by atoms with van der Waals surface area (Å²) in [6.07, 6.45) is 9.12. The Labute approximate surface area is 224 Å². The molecule has 0 bridgehead atoms. The van der Waals surface area contributed by atoms with Gasteiger partial charge in [0.25, 0.3) is 0 Å². The van der Waals surface area contributed by atoms with E-state index in [-0.39, 0.29) is 53.7 Å². The van der Waals surface area contributed by atoms with Crippen molar-refractivity contribution < 1.29 is 29.3 Å². The van der Waals surface area contributed by atoms with E-state index < -0.39 is 0 Å². The maximum atomic E-state index is 12.1. The summed E-state index contributed by atoms with van der Waals surface area (Å²) in [5.74, 6) is 2.50. The second kappa shape index (κ2) is 11.5. The van der Waals surface area contributed by atoms with Crippen LogP contribution in [0.2, 0.25) is 0 Å². The van der Waals surface area contributed by atoms with Crippen molar-refractivity contribution in [1.82, 2.24) is 0 Å². The number of ether oxygens (including phenoxy) is 2. The topological polar surface area (TPSA) is 93.1 Å². The Balaban J connectivity index is 1.39. The van der Waals surface area contributed by atoms with Gasteiger partial charge in [0.15, 0.2) is 0 Å². The SMILES string of the molecule is CCOC(=O)CCC(=O)OCC[C@@H](C)[C@H]1CC[C@H]2[C@@H]3[C@H](O)[C@H](CC)[C@@H]4C[C@H](O)CC[C@]4(C)[C@H]3CC[C@]12C. The van der Waals surface area contributed by atoms with Crippen molar-refractivity contribution >= 4 is 11.9 Å². The van der Waals surface area contributed by atoms with Crippen molar-refractivity contribution in [3.05, 3.63) is 0 Å². The van der Waals surface area contributed by atoms with Crippen LogP contribution in [0.4, 0.5) is 0 Å². The fourth-order valence-electron chi connectivity index (χ4n) is 10.0. The number of aliphatic hydroxyl groups is 2. The average Bonchev–Trinajstić information content (AvgIpc) is 3.21. The molecule has 0 unspecified atom stereocenters. The molecule has 4 aliphatic rings. The van der Waals surface area contributed by atoms with Crippen LogP contribution in [-0.4, -0.2) is 47.6 Å². The van der Waals surface area contributed by atoms with Gasteiger partial charge in [-0.2, -0.15) is 0 Å². The number of hydrogen-bond acceptors (Lipinski definition) is 6. The Morgan fingerprint density at radius 3 is 2.22 bits per heavy atom. The summed E-state index contributed by atoms with van der Waals surface area (Å²) < 4.78 is 10.4. The molecule has 4 aliphatic carbocycles. The molecule has 0 spiro atoms. The van der Waals surface area contributed by atoms with Crippen molar-refractivity contribution in [2.24, 2.45) is 52.3 Å². The summed E-state index contributed by atoms with van der Waals surface area (Å²) in [5.41, 5.74) is 0.442. The molecule has 4 saturated carbocycles. The van der Waals surface area contributed by atoms with Crippen molar-refractivity contribution in [2.75, 3.05) is 13.2 Å². The monoisotopic (exact) mass is 520 g/mol. The molecule has 4 rings (SSSR count). The van der Waals surface area contributed by atoms with Gasteiger partial charge in [-0.3, -0.25) is 9.59 Å². The van der Waals surface area contributed by atoms with E-state index >= 15 is 0 Å². The molecule has 0 amide bonds. The molecule has 37 heavy (non-hydrogen) atoms. The molecule has 0 aromatic rings. The lowest BCUT2D eigenvalue weighted by atomic mass is 9.41. The van der Waals surface area contributed by atoms with Crippen LogP contribution in [0.3, 0.4) is 0 Å². The lowest BCUT2D eigenvalue weighted by Crippen LogP contribution is -2.62. The highest BCUT2D eigenvalue weighted by atomic mass is 16.5. The number of rotatable bonds is 9. The van der Waals surface area contributed by atoms with Gasteiger partial charge in [-0.15, -0.1) is 0 Å². The number of fused-ring (bicyclic) bond motifs is 5. The summed E-state index contributed by atoms with van der Waals surface area (Å²) in [4.78, 5) is 23.6. The minimum atomic E-state index is -0.354. The van der Waals surface area contributed by atoms with Gasteiger partial charge in [0.1, 0.15) is 0 Å². The first-order valence-corrected chi connectivity index (χ1v) is 15.2. The lowest BCUT2D eigenvalue weighted by molar-refractivity contribution is -0.203. The highest BCUT2D eigenvalue weighted by molar-refractivity contribution is 5.77. The van der Waals surface area contributed by atoms with Gasteiger partial charge in [-0.05, 0) is 111 Å². The highest BCUT2D eigenvalue weighted by Gasteiger charge is 2.64. The number of carbonyl (C=O) groups excluding carboxylic acids is 2. The van der Waals surface area contributed by atoms with E-state index in [0.717, 1.165) is 32.1 Å². The standard InChI is InChI=1S/C31H52O6/c1-6-21-25-18-20(32)12-15-31(25,5)24-13-16-30(4)22(8-9-23(30)28(24)29(21)35)19(3)14-17-37-27(34)11-10-26(33)36-7-2/h19-25,28-29,32,35H,6-18H2,1-5H3/t19-,20-,21-,22-,23+,24+,25+,28+,29-,30-,31-/m1/s1. The van der Waals surface area contributed by atoms with E-state index in [1.807, 2.05) is 0 Å². The molecule has 4 fully saturated rings. The summed E-state index contributed by atoms with van der Waals surface area (Å²) in [5, 5.41) is 22.3. The van der Waals surface area contributed by atoms with Crippen LogP contribution in [0.5, 0.6) is 0 Å². The first-order valence-electron chi connectivity index (χ1n) is 15.2. The maximum absolute atomic E-state index is 12.1. The van der Waals surface area contributed by atoms with Gasteiger partial charge in [0.05, 0.1) is 38.3 Å². The predicted molar refractivity (Wildman–Crippen MR) is 142 cm³/mol. The van der Waals surface area contributed by atoms with Gasteiger partial charge in [-0.25, -0.2) is 0 Å². The Morgan fingerprint density at radius 2 is 1.54 bits per heavy atom. The summed E-state index contributed by atoms with van der Waals surface area (Å²) >= 11 is 0. The summed E-state index contributed by atoms with van der Waals surface area (Å²) in [6, 6.07) is 0. The van der Waals surface area contributed by atoms with Crippen molar-refractivity contribution in [2.45, 2.75) is 117 Å². The molecule has 0 aromatic carbocycles. The molecule has 0 saturated heterocycles. The third kappa shape index (κ3) is 5.35. The largest absolute Gasteiger partial charge is 0.466 e. The molecule has 11 atom stereocenters. The molecule has 0 radical (unpaired) electrons. The number of esters is 2. The van der Waals surface area contributed by atoms with E-state index in [1.54, 1.807) is 6.92 Å². The van der Waals surface area contributed by atoms with Gasteiger partial charge < -0.3 is 19.7 Å². The highest BCUT2D eigenvalue weighted by Crippen LogP contribution is 2.69. The third-order valence-electron chi connectivity index (χ3n) is 11.8. The molecular formula is C31H52O6. The van der Waals surface area contributed by atoms with Gasteiger partial charge in [-0.1, -0.05) is 34.1 Å². The smallest absolute Gasteiger partial charge is 0.306 e. The molecular weight excluding hydrogens is 468 g/mol. The van der Waals surface area contributed by atoms with Crippen LogP contribution in [0.1, 0.15) is 105 Å². The molecule has 6 nitrogen and oxygen atoms in total. The zero-order chi connectivity index (χ0) is 27.0. The molecule has 0 aliphatic heterocycles. The van der Waals surface area contributed by atoms with Crippen LogP contribution >= 0.6 is 0 Å². The number of hydrogen-bond donors (Lipinski definition) is 2. The zero-order valence-electron chi connectivity index (χ0n) is 23.9. The van der Waals surface area contributed by atoms with Crippen molar-refractivity contribution in [1.29, 1.82) is 0 Å². The van der Waals surface area contributed by atoms with Gasteiger partial charge >= 0.3 is 11.9 Å². The fraction of sp³-hybridized carbons (Fsp3) is 0.935. The molecule has 0 heterocycles. The second-order valence-corrected chi connectivity index (χ2v) is 13.4. The van der Waals surface area contributed by atoms with Crippen LogP contribution in [0.25, 0.3) is 0 Å². The molecule has 6 heteroatoms. The normalized spacial score (nSPS) is 43.8. The molecule has 0 aromatic heterocycles. The van der Waals surface area contributed by atoms with Gasteiger partial charge in [0.2, 0.25) is 0 Å². The molecule has 212 valence electrons. The van der Waals surface area contributed by atoms with E-state index in [1.165, 1.54) is 25.7 Å². The first-order chi connectivity index (χ1) is 17.6. The Bertz CT molecular complexity index is 814. The number of aliphatic hydroxyl groups excluding tert-OH is 2. The minimum absolute atomic E-state index is 0.0762. The first kappa shape index (κ1) is 28.9. The average molecular weight is 521 g/mol. The predicted octanol–water partition coefficient (Wildman–Crippen LogP) is 5.53. The summed E-state index contributed by atoms with van der Waals surface area (Å²) in [7, 11) is 0. The van der Waals surface area contributed by atoms with E-state index in [0.29, 0.717) is 48.7 Å². The van der Waals surface area contributed by atoms with Crippen molar-refractivity contribution in [3.8, 4) is 0 Å². The third-order valence-corrected chi connectivity index (χ3v) is 11.8. The van der Waals surface area contributed by atoms with E-state index in [4.69, 9.17) is 9.47 Å². The summed E-state index contributed by atoms with van der Waals surface area (Å²) in [6.45, 7) is 12.0. The quantitative estimate of drug-likeness (QED) is 0.389.